The molecular weight excluding hydrogens is 174 g/mol. The van der Waals surface area contributed by atoms with Crippen LogP contribution in [0.5, 0.6) is 0 Å². The largest absolute Gasteiger partial charge is 0.386 e. The second kappa shape index (κ2) is 3.89. The van der Waals surface area contributed by atoms with E-state index in [-0.39, 0.29) is 6.04 Å². The Labute approximate surface area is 86.2 Å². The van der Waals surface area contributed by atoms with Crippen LogP contribution in [0, 0.1) is 11.3 Å². The van der Waals surface area contributed by atoms with Crippen LogP contribution >= 0.6 is 0 Å². The number of nitrogens with two attached hydrogens (primary N) is 1. The molecule has 1 aliphatic carbocycles. The number of rotatable bonds is 3. The minimum Gasteiger partial charge on any atom is -0.386 e. The summed E-state index contributed by atoms with van der Waals surface area (Å²) in [5.41, 5.74) is 5.65. The number of nitrogens with one attached hydrogen (secondary N) is 1. The van der Waals surface area contributed by atoms with Gasteiger partial charge in [-0.05, 0) is 38.0 Å². The Morgan fingerprint density at radius 2 is 2.07 bits per heavy atom. The van der Waals surface area contributed by atoms with E-state index < -0.39 is 0 Å². The lowest BCUT2D eigenvalue weighted by Gasteiger charge is -2.48. The third kappa shape index (κ3) is 1.65. The Balaban J connectivity index is 2.06. The SMILES string of the molecule is CCC(C(=N)N)N1CC2CCC1CC2. The van der Waals surface area contributed by atoms with E-state index in [1.54, 1.807) is 0 Å². The zero-order valence-electron chi connectivity index (χ0n) is 9.00. The average Bonchev–Trinajstić information content (AvgIpc) is 2.20. The predicted molar refractivity (Wildman–Crippen MR) is 58.4 cm³/mol. The molecule has 2 saturated heterocycles. The third-order valence-electron chi connectivity index (χ3n) is 3.90. The van der Waals surface area contributed by atoms with Crippen LogP contribution in [0.1, 0.15) is 39.0 Å². The standard InChI is InChI=1S/C11H21N3/c1-2-10(11(12)13)14-7-8-3-5-9(14)6-4-8/h8-10H,2-7H2,1H3,(H3,12,13). The molecule has 1 atom stereocenters. The summed E-state index contributed by atoms with van der Waals surface area (Å²) in [7, 11) is 0. The Hall–Kier alpha value is -0.570. The van der Waals surface area contributed by atoms with Crippen molar-refractivity contribution in [3.8, 4) is 0 Å². The average molecular weight is 195 g/mol. The predicted octanol–water partition coefficient (Wildman–Crippen LogP) is 1.58. The molecule has 2 aliphatic heterocycles. The fourth-order valence-corrected chi connectivity index (χ4v) is 3.12. The van der Waals surface area contributed by atoms with Crippen LogP contribution in [0.4, 0.5) is 0 Å². The van der Waals surface area contributed by atoms with Gasteiger partial charge in [0.2, 0.25) is 0 Å². The summed E-state index contributed by atoms with van der Waals surface area (Å²) in [6.45, 7) is 3.32. The Kier molecular flexibility index (Phi) is 2.77. The molecule has 2 bridgehead atoms. The maximum atomic E-state index is 7.60. The Bertz CT molecular complexity index is 219. The van der Waals surface area contributed by atoms with Crippen molar-refractivity contribution in [3.05, 3.63) is 0 Å². The molecule has 0 aromatic heterocycles. The minimum absolute atomic E-state index is 0.211. The van der Waals surface area contributed by atoms with Gasteiger partial charge in [-0.3, -0.25) is 10.3 Å². The van der Waals surface area contributed by atoms with E-state index in [1.165, 1.54) is 32.2 Å². The quantitative estimate of drug-likeness (QED) is 0.530. The molecular formula is C11H21N3. The van der Waals surface area contributed by atoms with Crippen molar-refractivity contribution < 1.29 is 0 Å². The molecule has 2 heterocycles. The molecule has 3 rings (SSSR count). The van der Waals surface area contributed by atoms with Gasteiger partial charge in [0.15, 0.2) is 0 Å². The van der Waals surface area contributed by atoms with Crippen LogP contribution in [-0.4, -0.2) is 29.4 Å². The first-order valence-corrected chi connectivity index (χ1v) is 5.82. The van der Waals surface area contributed by atoms with Gasteiger partial charge in [-0.1, -0.05) is 6.92 Å². The summed E-state index contributed by atoms with van der Waals surface area (Å²) in [4.78, 5) is 2.49. The van der Waals surface area contributed by atoms with Crippen LogP contribution in [0.25, 0.3) is 0 Å². The third-order valence-corrected chi connectivity index (χ3v) is 3.90. The molecule has 3 aliphatic rings. The zero-order chi connectivity index (χ0) is 10.1. The van der Waals surface area contributed by atoms with Gasteiger partial charge < -0.3 is 5.73 Å². The highest BCUT2D eigenvalue weighted by molar-refractivity contribution is 5.82. The van der Waals surface area contributed by atoms with Crippen LogP contribution in [-0.2, 0) is 0 Å². The molecule has 1 unspecified atom stereocenters. The fraction of sp³-hybridized carbons (Fsp3) is 0.909. The normalized spacial score (nSPS) is 34.4. The highest BCUT2D eigenvalue weighted by Gasteiger charge is 2.37. The number of hydrogen-bond donors (Lipinski definition) is 2. The van der Waals surface area contributed by atoms with Gasteiger partial charge in [0, 0.05) is 12.6 Å². The molecule has 0 radical (unpaired) electrons. The Morgan fingerprint density at radius 1 is 1.43 bits per heavy atom. The number of nitrogens with zero attached hydrogens (tertiary/aromatic N) is 1. The molecule has 1 saturated carbocycles. The van der Waals surface area contributed by atoms with Crippen LogP contribution in [0.3, 0.4) is 0 Å². The summed E-state index contributed by atoms with van der Waals surface area (Å²) in [5, 5.41) is 7.60. The summed E-state index contributed by atoms with van der Waals surface area (Å²) in [6, 6.07) is 0.928. The molecule has 0 aromatic carbocycles. The van der Waals surface area contributed by atoms with Crippen molar-refractivity contribution in [2.45, 2.75) is 51.1 Å². The highest BCUT2D eigenvalue weighted by Crippen LogP contribution is 2.36. The minimum atomic E-state index is 0.211. The molecule has 0 spiro atoms. The van der Waals surface area contributed by atoms with Crippen molar-refractivity contribution in [1.82, 2.24) is 4.90 Å². The van der Waals surface area contributed by atoms with Gasteiger partial charge in [-0.15, -0.1) is 0 Å². The first kappa shape index (κ1) is 9.97. The maximum Gasteiger partial charge on any atom is 0.108 e. The van der Waals surface area contributed by atoms with Gasteiger partial charge in [0.1, 0.15) is 5.84 Å². The van der Waals surface area contributed by atoms with Gasteiger partial charge in [0.25, 0.3) is 0 Å². The first-order valence-electron chi connectivity index (χ1n) is 5.82. The number of hydrogen-bond acceptors (Lipinski definition) is 2. The van der Waals surface area contributed by atoms with Crippen molar-refractivity contribution in [2.24, 2.45) is 11.7 Å². The lowest BCUT2D eigenvalue weighted by Crippen LogP contribution is -2.56. The lowest BCUT2D eigenvalue weighted by atomic mass is 9.79. The molecule has 80 valence electrons. The van der Waals surface area contributed by atoms with Gasteiger partial charge >= 0.3 is 0 Å². The van der Waals surface area contributed by atoms with Crippen LogP contribution in [0.2, 0.25) is 0 Å². The number of fused-ring (bicyclic) bond motifs is 3. The van der Waals surface area contributed by atoms with Crippen molar-refractivity contribution in [1.29, 1.82) is 5.41 Å². The Morgan fingerprint density at radius 3 is 2.43 bits per heavy atom. The second-order valence-electron chi connectivity index (χ2n) is 4.75. The van der Waals surface area contributed by atoms with E-state index in [0.29, 0.717) is 11.9 Å². The molecule has 14 heavy (non-hydrogen) atoms. The summed E-state index contributed by atoms with van der Waals surface area (Å²) < 4.78 is 0. The van der Waals surface area contributed by atoms with Crippen LogP contribution < -0.4 is 5.73 Å². The topological polar surface area (TPSA) is 53.1 Å². The molecule has 0 amide bonds. The first-order chi connectivity index (χ1) is 6.72. The smallest absolute Gasteiger partial charge is 0.108 e. The highest BCUT2D eigenvalue weighted by atomic mass is 15.2. The van der Waals surface area contributed by atoms with Gasteiger partial charge in [-0.25, -0.2) is 0 Å². The molecule has 3 nitrogen and oxygen atoms in total. The number of amidine groups is 1. The van der Waals surface area contributed by atoms with E-state index in [2.05, 4.69) is 11.8 Å². The lowest BCUT2D eigenvalue weighted by molar-refractivity contribution is 0.0321. The second-order valence-corrected chi connectivity index (χ2v) is 4.75. The van der Waals surface area contributed by atoms with Crippen molar-refractivity contribution in [3.63, 3.8) is 0 Å². The summed E-state index contributed by atoms with van der Waals surface area (Å²) in [5.74, 6) is 1.24. The molecule has 3 fully saturated rings. The van der Waals surface area contributed by atoms with Crippen molar-refractivity contribution >= 4 is 5.84 Å². The van der Waals surface area contributed by atoms with Crippen LogP contribution in [0.15, 0.2) is 0 Å². The van der Waals surface area contributed by atoms with Gasteiger partial charge in [-0.2, -0.15) is 0 Å². The number of piperidine rings is 2. The molecule has 3 heteroatoms. The summed E-state index contributed by atoms with van der Waals surface area (Å²) in [6.07, 6.45) is 6.44. The fourth-order valence-electron chi connectivity index (χ4n) is 3.12. The zero-order valence-corrected chi connectivity index (χ0v) is 9.00. The monoisotopic (exact) mass is 195 g/mol. The van der Waals surface area contributed by atoms with Gasteiger partial charge in [0.05, 0.1) is 6.04 Å². The molecule has 0 aromatic rings. The molecule has 3 N–H and O–H groups in total. The van der Waals surface area contributed by atoms with E-state index in [1.807, 2.05) is 0 Å². The summed E-state index contributed by atoms with van der Waals surface area (Å²) >= 11 is 0. The van der Waals surface area contributed by atoms with E-state index in [9.17, 15) is 0 Å². The van der Waals surface area contributed by atoms with Crippen molar-refractivity contribution in [2.75, 3.05) is 6.54 Å². The van der Waals surface area contributed by atoms with E-state index in [0.717, 1.165) is 12.3 Å². The van der Waals surface area contributed by atoms with E-state index in [4.69, 9.17) is 11.1 Å². The maximum absolute atomic E-state index is 7.60. The van der Waals surface area contributed by atoms with E-state index >= 15 is 0 Å².